The van der Waals surface area contributed by atoms with Gasteiger partial charge in [0.1, 0.15) is 23.9 Å². The van der Waals surface area contributed by atoms with Crippen molar-refractivity contribution in [2.75, 3.05) is 27.3 Å². The third-order valence-electron chi connectivity index (χ3n) is 8.63. The first-order valence-corrected chi connectivity index (χ1v) is 16.1. The molecule has 2 aliphatic heterocycles. The number of methoxy groups -OCH3 is 2. The van der Waals surface area contributed by atoms with E-state index in [1.54, 1.807) is 33.3 Å². The van der Waals surface area contributed by atoms with Gasteiger partial charge in [0.05, 0.1) is 18.1 Å². The fraction of sp³-hybridized carbons (Fsp3) is 0.588. The molecular formula is C34H51N5O7. The minimum Gasteiger partial charge on any atom is -0.508 e. The molecule has 0 radical (unpaired) electrons. The summed E-state index contributed by atoms with van der Waals surface area (Å²) in [5.74, 6) is -2.64. The number of benzene rings is 1. The summed E-state index contributed by atoms with van der Waals surface area (Å²) < 4.78 is 11.5. The summed E-state index contributed by atoms with van der Waals surface area (Å²) in [6.45, 7) is 8.10. The van der Waals surface area contributed by atoms with Crippen LogP contribution in [-0.4, -0.2) is 91.4 Å². The number of hydrazine groups is 1. The minimum atomic E-state index is -1.04. The number of hydrogen-bond acceptors (Lipinski definition) is 8. The zero-order chi connectivity index (χ0) is 33.8. The number of phenolic OH excluding ortho intramolecular Hbond substituents is 1. The van der Waals surface area contributed by atoms with Crippen LogP contribution in [0.25, 0.3) is 0 Å². The Labute approximate surface area is 272 Å². The molecule has 46 heavy (non-hydrogen) atoms. The summed E-state index contributed by atoms with van der Waals surface area (Å²) >= 11 is 0. The molecular weight excluding hydrogens is 590 g/mol. The SMILES string of the molecule is COC1C=CC=CCCNC(=O)C2CCCN(N2)C(=O)C(Cc2cccc(O)c2)NC(=O)C(C(C)C)NC(=O)C(C)C(OC)C1C. The Kier molecular flexibility index (Phi) is 14.2. The van der Waals surface area contributed by atoms with Crippen molar-refractivity contribution >= 4 is 23.6 Å². The number of nitrogens with zero attached hydrogens (tertiary/aromatic N) is 1. The van der Waals surface area contributed by atoms with Gasteiger partial charge in [-0.25, -0.2) is 5.43 Å². The van der Waals surface area contributed by atoms with Gasteiger partial charge in [0.15, 0.2) is 0 Å². The lowest BCUT2D eigenvalue weighted by Gasteiger charge is -2.36. The van der Waals surface area contributed by atoms with Gasteiger partial charge in [0.2, 0.25) is 17.7 Å². The minimum absolute atomic E-state index is 0.0341. The van der Waals surface area contributed by atoms with Crippen LogP contribution in [0.4, 0.5) is 0 Å². The molecule has 254 valence electrons. The number of hydrogen-bond donors (Lipinski definition) is 5. The Morgan fingerprint density at radius 2 is 1.76 bits per heavy atom. The summed E-state index contributed by atoms with van der Waals surface area (Å²) in [5, 5.41) is 20.1. The zero-order valence-corrected chi connectivity index (χ0v) is 27.8. The van der Waals surface area contributed by atoms with Crippen LogP contribution in [-0.2, 0) is 35.1 Å². The van der Waals surface area contributed by atoms with Crippen molar-refractivity contribution in [3.05, 3.63) is 54.1 Å². The maximum Gasteiger partial charge on any atom is 0.259 e. The van der Waals surface area contributed by atoms with E-state index in [1.807, 2.05) is 45.1 Å². The standard InChI is InChI=1S/C34H51N5O7/c1-21(2)29-33(43)36-27(20-24-13-11-14-25(40)19-24)34(44)39-18-12-15-26(38-39)32(42)35-17-10-8-7-9-16-28(45-5)22(3)30(46-6)23(4)31(41)37-29/h7-9,11,13-14,16,19,21-23,26-30,38,40H,10,12,15,17-18,20H2,1-6H3,(H,35,42)(H,36,43)(H,37,41). The van der Waals surface area contributed by atoms with Crippen LogP contribution in [0.15, 0.2) is 48.6 Å². The maximum absolute atomic E-state index is 13.9. The van der Waals surface area contributed by atoms with Crippen molar-refractivity contribution in [1.82, 2.24) is 26.4 Å². The Balaban J connectivity index is 1.95. The van der Waals surface area contributed by atoms with E-state index in [2.05, 4.69) is 21.4 Å². The predicted molar refractivity (Wildman–Crippen MR) is 174 cm³/mol. The molecule has 7 atom stereocenters. The smallest absolute Gasteiger partial charge is 0.259 e. The number of aromatic hydroxyl groups is 1. The first kappa shape index (κ1) is 36.7. The van der Waals surface area contributed by atoms with Gasteiger partial charge in [0.25, 0.3) is 5.91 Å². The van der Waals surface area contributed by atoms with Gasteiger partial charge in [-0.05, 0) is 42.9 Å². The van der Waals surface area contributed by atoms with Crippen LogP contribution in [0.3, 0.4) is 0 Å². The maximum atomic E-state index is 13.9. The lowest BCUT2D eigenvalue weighted by Crippen LogP contribution is -2.63. The van der Waals surface area contributed by atoms with Gasteiger partial charge in [-0.3, -0.25) is 24.2 Å². The van der Waals surface area contributed by atoms with Crippen molar-refractivity contribution in [3.8, 4) is 5.75 Å². The summed E-state index contributed by atoms with van der Waals surface area (Å²) in [6.07, 6.45) is 8.55. The number of carbonyl (C=O) groups excluding carboxylic acids is 4. The molecule has 12 nitrogen and oxygen atoms in total. The van der Waals surface area contributed by atoms with E-state index in [0.717, 1.165) is 0 Å². The number of amides is 4. The van der Waals surface area contributed by atoms with Crippen molar-refractivity contribution in [2.45, 2.75) is 83.7 Å². The second-order valence-electron chi connectivity index (χ2n) is 12.4. The highest BCUT2D eigenvalue weighted by Crippen LogP contribution is 2.23. The van der Waals surface area contributed by atoms with E-state index in [-0.39, 0.29) is 41.9 Å². The molecule has 1 fully saturated rings. The highest BCUT2D eigenvalue weighted by molar-refractivity contribution is 5.93. The molecule has 1 saturated heterocycles. The van der Waals surface area contributed by atoms with Crippen molar-refractivity contribution < 1.29 is 33.8 Å². The highest BCUT2D eigenvalue weighted by Gasteiger charge is 2.37. The van der Waals surface area contributed by atoms with Crippen molar-refractivity contribution in [2.24, 2.45) is 17.8 Å². The summed E-state index contributed by atoms with van der Waals surface area (Å²) in [4.78, 5) is 54.3. The van der Waals surface area contributed by atoms with Crippen LogP contribution < -0.4 is 21.4 Å². The average Bonchev–Trinajstić information content (AvgIpc) is 3.03. The molecule has 12 heteroatoms. The number of phenols is 1. The second kappa shape index (κ2) is 17.8. The first-order valence-electron chi connectivity index (χ1n) is 16.1. The summed E-state index contributed by atoms with van der Waals surface area (Å²) in [6, 6.07) is 3.88. The van der Waals surface area contributed by atoms with Gasteiger partial charge < -0.3 is 30.5 Å². The van der Waals surface area contributed by atoms with Gasteiger partial charge in [-0.15, -0.1) is 0 Å². The largest absolute Gasteiger partial charge is 0.508 e. The molecule has 0 saturated carbocycles. The van der Waals surface area contributed by atoms with Crippen LogP contribution in [0.5, 0.6) is 5.75 Å². The highest BCUT2D eigenvalue weighted by atomic mass is 16.5. The Bertz CT molecular complexity index is 1250. The second-order valence-corrected chi connectivity index (χ2v) is 12.4. The zero-order valence-electron chi connectivity index (χ0n) is 27.8. The number of allylic oxidation sites excluding steroid dienone is 2. The van der Waals surface area contributed by atoms with E-state index in [4.69, 9.17) is 9.47 Å². The first-order chi connectivity index (χ1) is 22.0. The van der Waals surface area contributed by atoms with Gasteiger partial charge >= 0.3 is 0 Å². The molecule has 0 aliphatic carbocycles. The molecule has 0 aromatic heterocycles. The monoisotopic (exact) mass is 641 g/mol. The fourth-order valence-electron chi connectivity index (χ4n) is 5.95. The van der Waals surface area contributed by atoms with E-state index in [9.17, 15) is 24.3 Å². The average molecular weight is 642 g/mol. The van der Waals surface area contributed by atoms with Crippen LogP contribution in [0, 0.1) is 17.8 Å². The number of fused-ring (bicyclic) bond motifs is 2. The van der Waals surface area contributed by atoms with E-state index >= 15 is 0 Å². The molecule has 7 unspecified atom stereocenters. The lowest BCUT2D eigenvalue weighted by molar-refractivity contribution is -0.144. The number of ether oxygens (including phenoxy) is 2. The summed E-state index contributed by atoms with van der Waals surface area (Å²) in [5.41, 5.74) is 3.69. The molecule has 2 bridgehead atoms. The third kappa shape index (κ3) is 10.1. The number of rotatable bonds is 5. The van der Waals surface area contributed by atoms with Gasteiger partial charge in [0, 0.05) is 39.6 Å². The van der Waals surface area contributed by atoms with Crippen molar-refractivity contribution in [3.63, 3.8) is 0 Å². The van der Waals surface area contributed by atoms with Gasteiger partial charge in [-0.1, -0.05) is 64.1 Å². The third-order valence-corrected chi connectivity index (χ3v) is 8.63. The fourth-order valence-corrected chi connectivity index (χ4v) is 5.95. The molecule has 2 aliphatic rings. The predicted octanol–water partition coefficient (Wildman–Crippen LogP) is 1.99. The molecule has 1 aromatic rings. The molecule has 3 rings (SSSR count). The van der Waals surface area contributed by atoms with Crippen LogP contribution >= 0.6 is 0 Å². The normalized spacial score (nSPS) is 29.4. The number of carbonyl (C=O) groups is 4. The van der Waals surface area contributed by atoms with Crippen LogP contribution in [0.2, 0.25) is 0 Å². The molecule has 2 heterocycles. The molecule has 0 spiro atoms. The lowest BCUT2D eigenvalue weighted by atomic mass is 9.87. The Morgan fingerprint density at radius 1 is 1.00 bits per heavy atom. The molecule has 5 N–H and O–H groups in total. The quantitative estimate of drug-likeness (QED) is 0.327. The van der Waals surface area contributed by atoms with E-state index in [1.165, 1.54) is 17.1 Å². The van der Waals surface area contributed by atoms with E-state index < -0.39 is 42.0 Å². The van der Waals surface area contributed by atoms with Gasteiger partial charge in [-0.2, -0.15) is 0 Å². The van der Waals surface area contributed by atoms with Crippen LogP contribution in [0.1, 0.15) is 52.5 Å². The topological polar surface area (TPSA) is 158 Å². The van der Waals surface area contributed by atoms with E-state index in [0.29, 0.717) is 37.9 Å². The number of nitrogens with one attached hydrogen (secondary N) is 4. The van der Waals surface area contributed by atoms with Crippen molar-refractivity contribution in [1.29, 1.82) is 0 Å². The molecule has 4 amide bonds. The Morgan fingerprint density at radius 3 is 2.43 bits per heavy atom. The molecule has 1 aromatic carbocycles. The Hall–Kier alpha value is -3.74. The summed E-state index contributed by atoms with van der Waals surface area (Å²) in [7, 11) is 3.14.